The fraction of sp³-hybridized carbons (Fsp3) is 0.286. The van der Waals surface area contributed by atoms with E-state index in [-0.39, 0.29) is 23.0 Å². The van der Waals surface area contributed by atoms with Crippen LogP contribution in [0.2, 0.25) is 0 Å². The van der Waals surface area contributed by atoms with E-state index in [1.807, 2.05) is 0 Å². The monoisotopic (exact) mass is 356 g/mol. The molecule has 0 aliphatic carbocycles. The molecule has 2 rings (SSSR count). The molecule has 0 unspecified atom stereocenters. The van der Waals surface area contributed by atoms with Gasteiger partial charge in [0.15, 0.2) is 17.3 Å². The first kappa shape index (κ1) is 19.4. The van der Waals surface area contributed by atoms with Crippen molar-refractivity contribution in [1.29, 1.82) is 0 Å². The maximum Gasteiger partial charge on any atom is 0.200 e. The van der Waals surface area contributed by atoms with Gasteiger partial charge in [-0.2, -0.15) is 0 Å². The Bertz CT molecular complexity index is 750. The SMILES string of the molecule is COc1cc(/C=C/C(=O)c2ccc(OCC(C)C)cc2)cc(OC)c1O. The van der Waals surface area contributed by atoms with E-state index in [9.17, 15) is 9.90 Å². The van der Waals surface area contributed by atoms with Gasteiger partial charge in [0.2, 0.25) is 5.75 Å². The third-order valence-corrected chi connectivity index (χ3v) is 3.65. The van der Waals surface area contributed by atoms with Crippen LogP contribution in [0.25, 0.3) is 6.08 Å². The van der Waals surface area contributed by atoms with Crippen molar-refractivity contribution in [2.24, 2.45) is 5.92 Å². The van der Waals surface area contributed by atoms with Crippen LogP contribution >= 0.6 is 0 Å². The molecule has 0 aliphatic rings. The molecule has 0 heterocycles. The number of phenols is 1. The van der Waals surface area contributed by atoms with Crippen LogP contribution in [-0.2, 0) is 0 Å². The van der Waals surface area contributed by atoms with E-state index in [1.54, 1.807) is 42.5 Å². The zero-order chi connectivity index (χ0) is 19.1. The van der Waals surface area contributed by atoms with Crippen LogP contribution in [-0.4, -0.2) is 31.7 Å². The lowest BCUT2D eigenvalue weighted by Crippen LogP contribution is -2.04. The topological polar surface area (TPSA) is 65.0 Å². The van der Waals surface area contributed by atoms with Crippen molar-refractivity contribution < 1.29 is 24.1 Å². The molecule has 0 aliphatic heterocycles. The highest BCUT2D eigenvalue weighted by atomic mass is 16.5. The van der Waals surface area contributed by atoms with Crippen LogP contribution in [0.3, 0.4) is 0 Å². The Balaban J connectivity index is 2.11. The Morgan fingerprint density at radius 3 is 2.15 bits per heavy atom. The van der Waals surface area contributed by atoms with Gasteiger partial charge in [-0.1, -0.05) is 19.9 Å². The first-order chi connectivity index (χ1) is 12.4. The third kappa shape index (κ3) is 5.02. The molecule has 138 valence electrons. The summed E-state index contributed by atoms with van der Waals surface area (Å²) in [5.74, 6) is 1.54. The molecular formula is C21H24O5. The second kappa shape index (κ2) is 8.94. The zero-order valence-corrected chi connectivity index (χ0v) is 15.5. The van der Waals surface area contributed by atoms with Crippen molar-refractivity contribution in [3.05, 3.63) is 53.6 Å². The van der Waals surface area contributed by atoms with E-state index >= 15 is 0 Å². The molecule has 26 heavy (non-hydrogen) atoms. The zero-order valence-electron chi connectivity index (χ0n) is 15.5. The Labute approximate surface area is 153 Å². The average Bonchev–Trinajstić information content (AvgIpc) is 2.65. The summed E-state index contributed by atoms with van der Waals surface area (Å²) in [4.78, 5) is 12.3. The lowest BCUT2D eigenvalue weighted by atomic mass is 10.1. The van der Waals surface area contributed by atoms with Crippen molar-refractivity contribution in [2.45, 2.75) is 13.8 Å². The Kier molecular flexibility index (Phi) is 6.67. The van der Waals surface area contributed by atoms with Gasteiger partial charge in [-0.05, 0) is 54.0 Å². The average molecular weight is 356 g/mol. The number of carbonyl (C=O) groups is 1. The molecule has 0 fully saturated rings. The van der Waals surface area contributed by atoms with Crippen LogP contribution in [0.15, 0.2) is 42.5 Å². The molecule has 0 spiro atoms. The van der Waals surface area contributed by atoms with Gasteiger partial charge in [0.25, 0.3) is 0 Å². The molecule has 0 aromatic heterocycles. The number of rotatable bonds is 8. The summed E-state index contributed by atoms with van der Waals surface area (Å²) in [7, 11) is 2.91. The number of allylic oxidation sites excluding steroid dienone is 1. The molecule has 0 amide bonds. The lowest BCUT2D eigenvalue weighted by Gasteiger charge is -2.09. The molecule has 5 nitrogen and oxygen atoms in total. The molecule has 5 heteroatoms. The van der Waals surface area contributed by atoms with Gasteiger partial charge in [-0.25, -0.2) is 0 Å². The second-order valence-corrected chi connectivity index (χ2v) is 6.20. The number of benzene rings is 2. The summed E-state index contributed by atoms with van der Waals surface area (Å²) in [5.41, 5.74) is 1.25. The molecule has 0 bridgehead atoms. The molecule has 0 radical (unpaired) electrons. The highest BCUT2D eigenvalue weighted by Crippen LogP contribution is 2.37. The molecule has 0 saturated heterocycles. The van der Waals surface area contributed by atoms with E-state index in [0.717, 1.165) is 5.75 Å². The van der Waals surface area contributed by atoms with Gasteiger partial charge >= 0.3 is 0 Å². The number of hydrogen-bond acceptors (Lipinski definition) is 5. The summed E-state index contributed by atoms with van der Waals surface area (Å²) in [5, 5.41) is 9.92. The quantitative estimate of drug-likeness (QED) is 0.563. The lowest BCUT2D eigenvalue weighted by molar-refractivity contribution is 0.104. The van der Waals surface area contributed by atoms with E-state index in [2.05, 4.69) is 13.8 Å². The normalized spacial score (nSPS) is 11.0. The largest absolute Gasteiger partial charge is 0.502 e. The van der Waals surface area contributed by atoms with Crippen molar-refractivity contribution in [3.8, 4) is 23.0 Å². The Hall–Kier alpha value is -2.95. The molecular weight excluding hydrogens is 332 g/mol. The number of aromatic hydroxyl groups is 1. The van der Waals surface area contributed by atoms with Crippen LogP contribution in [0, 0.1) is 5.92 Å². The number of carbonyl (C=O) groups excluding carboxylic acids is 1. The molecule has 1 N–H and O–H groups in total. The minimum atomic E-state index is -0.133. The maximum atomic E-state index is 12.3. The summed E-state index contributed by atoms with van der Waals surface area (Å²) < 4.78 is 15.8. The molecule has 0 saturated carbocycles. The Morgan fingerprint density at radius 1 is 1.08 bits per heavy atom. The molecule has 0 atom stereocenters. The predicted octanol–water partition coefficient (Wildman–Crippen LogP) is 4.34. The van der Waals surface area contributed by atoms with Gasteiger partial charge in [-0.15, -0.1) is 0 Å². The smallest absolute Gasteiger partial charge is 0.200 e. The van der Waals surface area contributed by atoms with Crippen molar-refractivity contribution in [3.63, 3.8) is 0 Å². The van der Waals surface area contributed by atoms with Crippen LogP contribution in [0.1, 0.15) is 29.8 Å². The van der Waals surface area contributed by atoms with Crippen molar-refractivity contribution in [1.82, 2.24) is 0 Å². The molecule has 2 aromatic rings. The fourth-order valence-electron chi connectivity index (χ4n) is 2.26. The van der Waals surface area contributed by atoms with Gasteiger partial charge in [0, 0.05) is 5.56 Å². The minimum absolute atomic E-state index is 0.0736. The number of hydrogen-bond donors (Lipinski definition) is 1. The van der Waals surface area contributed by atoms with Gasteiger partial charge in [-0.3, -0.25) is 4.79 Å². The van der Waals surface area contributed by atoms with E-state index in [0.29, 0.717) is 23.7 Å². The van der Waals surface area contributed by atoms with Crippen molar-refractivity contribution in [2.75, 3.05) is 20.8 Å². The fourth-order valence-corrected chi connectivity index (χ4v) is 2.26. The van der Waals surface area contributed by atoms with Crippen molar-refractivity contribution >= 4 is 11.9 Å². The van der Waals surface area contributed by atoms with E-state index in [1.165, 1.54) is 20.3 Å². The van der Waals surface area contributed by atoms with E-state index in [4.69, 9.17) is 14.2 Å². The summed E-state index contributed by atoms with van der Waals surface area (Å²) in [6.07, 6.45) is 3.12. The van der Waals surface area contributed by atoms with Crippen LogP contribution in [0.5, 0.6) is 23.0 Å². The van der Waals surface area contributed by atoms with Crippen LogP contribution in [0.4, 0.5) is 0 Å². The highest BCUT2D eigenvalue weighted by Gasteiger charge is 2.10. The maximum absolute atomic E-state index is 12.3. The number of phenolic OH excluding ortho intramolecular Hbond substituents is 1. The minimum Gasteiger partial charge on any atom is -0.502 e. The third-order valence-electron chi connectivity index (χ3n) is 3.65. The van der Waals surface area contributed by atoms with Gasteiger partial charge in [0.05, 0.1) is 20.8 Å². The van der Waals surface area contributed by atoms with Crippen LogP contribution < -0.4 is 14.2 Å². The number of ketones is 1. The van der Waals surface area contributed by atoms with E-state index < -0.39 is 0 Å². The first-order valence-corrected chi connectivity index (χ1v) is 8.34. The van der Waals surface area contributed by atoms with Gasteiger partial charge in [0.1, 0.15) is 5.75 Å². The summed E-state index contributed by atoms with van der Waals surface area (Å²) >= 11 is 0. The van der Waals surface area contributed by atoms with Gasteiger partial charge < -0.3 is 19.3 Å². The first-order valence-electron chi connectivity index (χ1n) is 8.34. The summed E-state index contributed by atoms with van der Waals surface area (Å²) in [6.45, 7) is 4.80. The number of methoxy groups -OCH3 is 2. The predicted molar refractivity (Wildman–Crippen MR) is 101 cm³/mol. The standard InChI is InChI=1S/C21H24O5/c1-14(2)13-26-17-8-6-16(7-9-17)18(22)10-5-15-11-19(24-3)21(23)20(12-15)25-4/h5-12,14,23H,13H2,1-4H3/b10-5+. The Morgan fingerprint density at radius 2 is 1.65 bits per heavy atom. The molecule has 2 aromatic carbocycles. The number of ether oxygens (including phenoxy) is 3. The highest BCUT2D eigenvalue weighted by molar-refractivity contribution is 6.06. The summed E-state index contributed by atoms with van der Waals surface area (Å²) in [6, 6.07) is 10.3. The second-order valence-electron chi connectivity index (χ2n) is 6.20.